The fourth-order valence-corrected chi connectivity index (χ4v) is 5.20. The molecule has 2 amide bonds. The standard InChI is InChI=1S/C29H32N8O4/c1-2-26(38)32-21-7-5-19(6-8-21)27(39)36-13-3-4-22(18-36)33-29-34-25-10-9-24(20-16-30-31-17-20)28(37(25)35-29)41-23-11-14-40-15-12-23/h2,5-10,16-17,22-23H,1,3-4,11-15,18H2,(H,30,31)(H,32,38)(H,33,35). The number of nitrogens with one attached hydrogen (secondary N) is 3. The number of fused-ring (bicyclic) bond motifs is 1. The number of anilines is 2. The highest BCUT2D eigenvalue weighted by Gasteiger charge is 2.26. The number of hydrogen-bond donors (Lipinski definition) is 3. The molecule has 1 unspecified atom stereocenters. The van der Waals surface area contributed by atoms with Crippen LogP contribution < -0.4 is 15.4 Å². The average molecular weight is 557 g/mol. The summed E-state index contributed by atoms with van der Waals surface area (Å²) in [5.41, 5.74) is 3.61. The number of pyridine rings is 1. The van der Waals surface area contributed by atoms with Crippen LogP contribution in [-0.4, -0.2) is 80.0 Å². The first-order valence-electron chi connectivity index (χ1n) is 13.8. The highest BCUT2D eigenvalue weighted by molar-refractivity contribution is 5.99. The van der Waals surface area contributed by atoms with Gasteiger partial charge in [-0.3, -0.25) is 14.7 Å². The van der Waals surface area contributed by atoms with E-state index in [1.807, 2.05) is 23.2 Å². The lowest BCUT2D eigenvalue weighted by Crippen LogP contribution is -2.45. The zero-order chi connectivity index (χ0) is 28.2. The molecule has 3 aromatic heterocycles. The van der Waals surface area contributed by atoms with Gasteiger partial charge in [-0.2, -0.15) is 14.6 Å². The molecule has 2 fully saturated rings. The minimum absolute atomic E-state index is 0.00975. The summed E-state index contributed by atoms with van der Waals surface area (Å²) in [4.78, 5) is 31.3. The average Bonchev–Trinajstić information content (AvgIpc) is 3.68. The van der Waals surface area contributed by atoms with Crippen molar-refractivity contribution in [3.63, 3.8) is 0 Å². The molecule has 0 aliphatic carbocycles. The Morgan fingerprint density at radius 1 is 1.12 bits per heavy atom. The van der Waals surface area contributed by atoms with Gasteiger partial charge in [-0.1, -0.05) is 6.58 Å². The Balaban J connectivity index is 1.18. The number of aromatic nitrogens is 5. The second-order valence-electron chi connectivity index (χ2n) is 10.2. The van der Waals surface area contributed by atoms with E-state index in [0.717, 1.165) is 36.8 Å². The number of nitrogens with zero attached hydrogens (tertiary/aromatic N) is 5. The van der Waals surface area contributed by atoms with E-state index in [-0.39, 0.29) is 24.0 Å². The maximum atomic E-state index is 13.2. The van der Waals surface area contributed by atoms with Crippen LogP contribution in [0.1, 0.15) is 36.0 Å². The summed E-state index contributed by atoms with van der Waals surface area (Å²) < 4.78 is 13.7. The third-order valence-corrected chi connectivity index (χ3v) is 7.34. The largest absolute Gasteiger partial charge is 0.474 e. The lowest BCUT2D eigenvalue weighted by molar-refractivity contribution is -0.111. The molecule has 4 aromatic rings. The van der Waals surface area contributed by atoms with Crippen molar-refractivity contribution in [3.8, 4) is 17.0 Å². The molecule has 0 bridgehead atoms. The quantitative estimate of drug-likeness (QED) is 0.280. The molecule has 0 spiro atoms. The van der Waals surface area contributed by atoms with Gasteiger partial charge in [0.25, 0.3) is 5.91 Å². The molecule has 5 heterocycles. The van der Waals surface area contributed by atoms with Gasteiger partial charge in [0, 0.05) is 60.5 Å². The summed E-state index contributed by atoms with van der Waals surface area (Å²) in [7, 11) is 0. The molecule has 0 radical (unpaired) electrons. The summed E-state index contributed by atoms with van der Waals surface area (Å²) in [5.74, 6) is 0.741. The normalized spacial score (nSPS) is 17.8. The van der Waals surface area contributed by atoms with Crippen molar-refractivity contribution < 1.29 is 19.1 Å². The van der Waals surface area contributed by atoms with Crippen LogP contribution in [0.4, 0.5) is 11.6 Å². The second kappa shape index (κ2) is 11.8. The zero-order valence-corrected chi connectivity index (χ0v) is 22.6. The van der Waals surface area contributed by atoms with Crippen molar-refractivity contribution >= 4 is 29.1 Å². The topological polar surface area (TPSA) is 139 Å². The molecule has 2 saturated heterocycles. The number of carbonyl (C=O) groups excluding carboxylic acids is 2. The van der Waals surface area contributed by atoms with Crippen LogP contribution in [0, 0.1) is 0 Å². The molecule has 41 heavy (non-hydrogen) atoms. The summed E-state index contributed by atoms with van der Waals surface area (Å²) in [6, 6.07) is 10.7. The number of amides is 2. The third kappa shape index (κ3) is 5.92. The highest BCUT2D eigenvalue weighted by Crippen LogP contribution is 2.32. The number of H-pyrrole nitrogens is 1. The molecule has 0 saturated carbocycles. The summed E-state index contributed by atoms with van der Waals surface area (Å²) >= 11 is 0. The molecule has 12 nitrogen and oxygen atoms in total. The minimum atomic E-state index is -0.297. The summed E-state index contributed by atoms with van der Waals surface area (Å²) in [6.07, 6.45) is 8.16. The van der Waals surface area contributed by atoms with E-state index in [0.29, 0.717) is 55.0 Å². The van der Waals surface area contributed by atoms with Crippen LogP contribution >= 0.6 is 0 Å². The monoisotopic (exact) mass is 556 g/mol. The van der Waals surface area contributed by atoms with E-state index in [2.05, 4.69) is 27.4 Å². The van der Waals surface area contributed by atoms with Gasteiger partial charge in [0.15, 0.2) is 5.65 Å². The van der Waals surface area contributed by atoms with Gasteiger partial charge in [0.2, 0.25) is 17.7 Å². The first-order chi connectivity index (χ1) is 20.1. The van der Waals surface area contributed by atoms with Crippen LogP contribution in [0.5, 0.6) is 5.88 Å². The number of piperidine rings is 1. The number of rotatable bonds is 8. The maximum Gasteiger partial charge on any atom is 0.253 e. The predicted molar refractivity (Wildman–Crippen MR) is 153 cm³/mol. The molecule has 3 N–H and O–H groups in total. The second-order valence-corrected chi connectivity index (χ2v) is 10.2. The lowest BCUT2D eigenvalue weighted by atomic mass is 10.0. The highest BCUT2D eigenvalue weighted by atomic mass is 16.5. The number of carbonyl (C=O) groups is 2. The van der Waals surface area contributed by atoms with Crippen molar-refractivity contribution in [3.05, 3.63) is 67.0 Å². The molecule has 6 rings (SSSR count). The Morgan fingerprint density at radius 3 is 2.71 bits per heavy atom. The van der Waals surface area contributed by atoms with Gasteiger partial charge in [-0.05, 0) is 55.3 Å². The van der Waals surface area contributed by atoms with Gasteiger partial charge in [0.05, 0.1) is 19.4 Å². The van der Waals surface area contributed by atoms with Gasteiger partial charge >= 0.3 is 0 Å². The van der Waals surface area contributed by atoms with E-state index in [1.165, 1.54) is 6.08 Å². The SMILES string of the molecule is C=CC(=O)Nc1ccc(C(=O)N2CCCC(Nc3nc4ccc(-c5cn[nH]c5)c(OC5CCOCC5)n4n3)C2)cc1. The molecule has 212 valence electrons. The smallest absolute Gasteiger partial charge is 0.253 e. The first-order valence-corrected chi connectivity index (χ1v) is 13.8. The predicted octanol–water partition coefficient (Wildman–Crippen LogP) is 3.52. The van der Waals surface area contributed by atoms with E-state index in [1.54, 1.807) is 35.0 Å². The van der Waals surface area contributed by atoms with Crippen LogP contribution in [0.15, 0.2) is 61.4 Å². The Morgan fingerprint density at radius 2 is 1.95 bits per heavy atom. The van der Waals surface area contributed by atoms with Crippen molar-refractivity contribution in [1.29, 1.82) is 0 Å². The van der Waals surface area contributed by atoms with Crippen LogP contribution in [0.3, 0.4) is 0 Å². The summed E-state index contributed by atoms with van der Waals surface area (Å²) in [5, 5.41) is 17.9. The summed E-state index contributed by atoms with van der Waals surface area (Å²) in [6.45, 7) is 5.97. The molecule has 12 heteroatoms. The van der Waals surface area contributed by atoms with Crippen molar-refractivity contribution in [2.24, 2.45) is 0 Å². The minimum Gasteiger partial charge on any atom is -0.474 e. The van der Waals surface area contributed by atoms with E-state index in [4.69, 9.17) is 19.6 Å². The Labute approximate surface area is 236 Å². The number of likely N-dealkylation sites (tertiary alicyclic amines) is 1. The number of benzene rings is 1. The maximum absolute atomic E-state index is 13.2. The number of aromatic amines is 1. The molecule has 2 aliphatic rings. The van der Waals surface area contributed by atoms with Crippen LogP contribution in [0.25, 0.3) is 16.8 Å². The van der Waals surface area contributed by atoms with Crippen LogP contribution in [-0.2, 0) is 9.53 Å². The van der Waals surface area contributed by atoms with Crippen molar-refractivity contribution in [2.75, 3.05) is 36.9 Å². The third-order valence-electron chi connectivity index (χ3n) is 7.34. The molecular weight excluding hydrogens is 524 g/mol. The molecule has 1 atom stereocenters. The van der Waals surface area contributed by atoms with Gasteiger partial charge in [-0.15, -0.1) is 5.10 Å². The fourth-order valence-electron chi connectivity index (χ4n) is 5.20. The Bertz CT molecular complexity index is 1530. The number of ether oxygens (including phenoxy) is 2. The fraction of sp³-hybridized carbons (Fsp3) is 0.345. The van der Waals surface area contributed by atoms with Gasteiger partial charge in [0.1, 0.15) is 6.10 Å². The molecule has 2 aliphatic heterocycles. The molecule has 1 aromatic carbocycles. The van der Waals surface area contributed by atoms with Crippen LogP contribution in [0.2, 0.25) is 0 Å². The van der Waals surface area contributed by atoms with E-state index < -0.39 is 0 Å². The zero-order valence-electron chi connectivity index (χ0n) is 22.6. The van der Waals surface area contributed by atoms with Gasteiger partial charge in [-0.25, -0.2) is 0 Å². The molecular formula is C29H32N8O4. The van der Waals surface area contributed by atoms with E-state index >= 15 is 0 Å². The number of hydrogen-bond acceptors (Lipinski definition) is 8. The Hall–Kier alpha value is -4.71. The van der Waals surface area contributed by atoms with E-state index in [9.17, 15) is 9.59 Å². The Kier molecular flexibility index (Phi) is 7.63. The lowest BCUT2D eigenvalue weighted by Gasteiger charge is -2.33. The van der Waals surface area contributed by atoms with Crippen molar-refractivity contribution in [2.45, 2.75) is 37.8 Å². The first kappa shape index (κ1) is 26.5. The van der Waals surface area contributed by atoms with Gasteiger partial charge < -0.3 is 25.0 Å². The van der Waals surface area contributed by atoms with Crippen molar-refractivity contribution in [1.82, 2.24) is 29.7 Å².